The molecule has 2 atom stereocenters. The van der Waals surface area contributed by atoms with Crippen LogP contribution in [-0.4, -0.2) is 5.16 Å². The third-order valence-electron chi connectivity index (χ3n) is 5.38. The predicted octanol–water partition coefficient (Wildman–Crippen LogP) is 6.97. The van der Waals surface area contributed by atoms with E-state index in [0.717, 1.165) is 19.3 Å². The molecule has 0 amide bonds. The second-order valence-electron chi connectivity index (χ2n) is 7.35. The van der Waals surface area contributed by atoms with Crippen LogP contribution >= 0.6 is 33.2 Å². The Hall–Kier alpha value is -1.18. The first-order valence-corrected chi connectivity index (χ1v) is 10.2. The highest BCUT2D eigenvalue weighted by Crippen LogP contribution is 2.39. The van der Waals surface area contributed by atoms with Crippen LogP contribution < -0.4 is 0 Å². The van der Waals surface area contributed by atoms with Crippen molar-refractivity contribution in [2.75, 3.05) is 0 Å². The second kappa shape index (κ2) is 11.0. The van der Waals surface area contributed by atoms with E-state index in [-0.39, 0.29) is 29.1 Å². The molecule has 3 aromatic carbocycles. The van der Waals surface area contributed by atoms with Gasteiger partial charge >= 0.3 is 0 Å². The van der Waals surface area contributed by atoms with Gasteiger partial charge in [-0.15, -0.1) is 33.2 Å². The van der Waals surface area contributed by atoms with Crippen molar-refractivity contribution in [1.29, 1.82) is 0 Å². The van der Waals surface area contributed by atoms with Gasteiger partial charge in [0, 0.05) is 0 Å². The number of halogens is 1. The van der Waals surface area contributed by atoms with E-state index in [1.165, 1.54) is 23.1 Å². The lowest BCUT2D eigenvalue weighted by Gasteiger charge is -2.38. The largest absolute Gasteiger partial charge is 0.130 e. The molecule has 0 nitrogen and oxygen atoms in total. The van der Waals surface area contributed by atoms with Gasteiger partial charge in [-0.3, -0.25) is 0 Å². The van der Waals surface area contributed by atoms with E-state index < -0.39 is 0 Å². The lowest BCUT2D eigenvalue weighted by atomic mass is 9.77. The minimum atomic E-state index is 0. The first kappa shape index (κ1) is 22.1. The Morgan fingerprint density at radius 3 is 1.41 bits per heavy atom. The Bertz CT molecular complexity index is 730. The van der Waals surface area contributed by atoms with Crippen LogP contribution in [0.2, 0.25) is 0 Å². The topological polar surface area (TPSA) is 0 Å². The lowest BCUT2D eigenvalue weighted by Crippen LogP contribution is -2.37. The van der Waals surface area contributed by atoms with Crippen molar-refractivity contribution in [2.24, 2.45) is 5.92 Å². The molecule has 2 heteroatoms. The molecule has 0 saturated heterocycles. The Morgan fingerprint density at radius 2 is 1.04 bits per heavy atom. The fraction of sp³-hybridized carbons (Fsp3) is 0.280. The van der Waals surface area contributed by atoms with Gasteiger partial charge in [0.15, 0.2) is 0 Å². The minimum absolute atomic E-state index is 0. The monoisotopic (exact) mass is 488 g/mol. The molecule has 0 radical (unpaired) electrons. The van der Waals surface area contributed by atoms with Crippen molar-refractivity contribution in [3.8, 4) is 0 Å². The van der Waals surface area contributed by atoms with Gasteiger partial charge in [0.05, 0.1) is 0 Å². The number of benzene rings is 3. The third-order valence-corrected chi connectivity index (χ3v) is 6.26. The highest BCUT2D eigenvalue weighted by molar-refractivity contribution is 14.0. The number of hydrogen-bond acceptors (Lipinski definition) is 0. The molecule has 0 bridgehead atoms. The summed E-state index contributed by atoms with van der Waals surface area (Å²) in [6, 6.07) is 32.8. The summed E-state index contributed by atoms with van der Waals surface area (Å²) in [5, 5.41) is 0.146. The minimum Gasteiger partial charge on any atom is -0.130 e. The van der Waals surface area contributed by atoms with Crippen molar-refractivity contribution >= 4 is 33.2 Å². The molecule has 0 heterocycles. The van der Waals surface area contributed by atoms with Crippen molar-refractivity contribution in [1.82, 2.24) is 0 Å². The molecule has 142 valence electrons. The normalized spacial score (nSPS) is 12.2. The van der Waals surface area contributed by atoms with Crippen molar-refractivity contribution in [3.63, 3.8) is 0 Å². The molecule has 0 saturated carbocycles. The highest BCUT2D eigenvalue weighted by atomic mass is 127. The van der Waals surface area contributed by atoms with Crippen LogP contribution in [0.15, 0.2) is 91.0 Å². The van der Waals surface area contributed by atoms with Gasteiger partial charge in [0.2, 0.25) is 0 Å². The van der Waals surface area contributed by atoms with Gasteiger partial charge in [-0.05, 0) is 47.0 Å². The summed E-state index contributed by atoms with van der Waals surface area (Å²) < 4.78 is 0. The Kier molecular flexibility index (Phi) is 8.99. The Labute approximate surface area is 184 Å². The van der Waals surface area contributed by atoms with E-state index in [0.29, 0.717) is 5.92 Å². The Balaban J connectivity index is 0.00000261. The van der Waals surface area contributed by atoms with E-state index in [1.54, 1.807) is 0 Å². The predicted molar refractivity (Wildman–Crippen MR) is 132 cm³/mol. The van der Waals surface area contributed by atoms with E-state index >= 15 is 0 Å². The number of rotatable bonds is 8. The van der Waals surface area contributed by atoms with Crippen molar-refractivity contribution in [3.05, 3.63) is 108 Å². The average Bonchev–Trinajstić information content (AvgIpc) is 2.68. The molecule has 0 aromatic heterocycles. The second-order valence-corrected chi connectivity index (χ2v) is 8.50. The fourth-order valence-electron chi connectivity index (χ4n) is 3.96. The Morgan fingerprint density at radius 1 is 0.667 bits per heavy atom. The average molecular weight is 488 g/mol. The van der Waals surface area contributed by atoms with Crippen LogP contribution in [0.3, 0.4) is 0 Å². The smallest absolute Gasteiger partial charge is 0.00386 e. The summed E-state index contributed by atoms with van der Waals surface area (Å²) in [6.07, 6.45) is 4.47. The molecule has 2 unspecified atom stereocenters. The summed E-state index contributed by atoms with van der Waals surface area (Å²) in [5.41, 5.74) is 4.28. The zero-order valence-corrected chi connectivity index (χ0v) is 19.5. The van der Waals surface area contributed by atoms with E-state index in [4.69, 9.17) is 0 Å². The van der Waals surface area contributed by atoms with E-state index in [9.17, 15) is 0 Å². The highest BCUT2D eigenvalue weighted by Gasteiger charge is 2.33. The number of hydrogen-bond donors (Lipinski definition) is 0. The zero-order chi connectivity index (χ0) is 18.2. The zero-order valence-electron chi connectivity index (χ0n) is 16.1. The third kappa shape index (κ3) is 6.43. The SMILES string of the molecule is CCC(Cc1ccccc1)C(P)(Cc1ccccc1)Cc1ccccc1.I. The molecular formula is C25H30IP. The summed E-state index contributed by atoms with van der Waals surface area (Å²) in [4.78, 5) is 0. The summed E-state index contributed by atoms with van der Waals surface area (Å²) in [5.74, 6) is 0.607. The molecule has 0 aliphatic rings. The van der Waals surface area contributed by atoms with Crippen LogP contribution in [0.5, 0.6) is 0 Å². The van der Waals surface area contributed by atoms with E-state index in [1.807, 2.05) is 0 Å². The molecule has 3 aromatic rings. The molecule has 0 aliphatic heterocycles. The summed E-state index contributed by atoms with van der Waals surface area (Å²) >= 11 is 0. The van der Waals surface area contributed by atoms with Gasteiger partial charge < -0.3 is 0 Å². The standard InChI is InChI=1S/C25H29P.HI/c1-2-24(18-21-12-6-3-7-13-21)25(26,19-22-14-8-4-9-15-22)20-23-16-10-5-11-17-23;/h3-17,24H,2,18-20,26H2,1H3;1H. The molecule has 0 spiro atoms. The van der Waals surface area contributed by atoms with Crippen LogP contribution in [0.25, 0.3) is 0 Å². The molecule has 3 rings (SSSR count). The maximum atomic E-state index is 3.27. The van der Waals surface area contributed by atoms with Gasteiger partial charge in [-0.25, -0.2) is 0 Å². The molecule has 27 heavy (non-hydrogen) atoms. The van der Waals surface area contributed by atoms with Crippen LogP contribution in [-0.2, 0) is 19.3 Å². The first-order chi connectivity index (χ1) is 12.7. The fourth-order valence-corrected chi connectivity index (χ4v) is 4.78. The van der Waals surface area contributed by atoms with Crippen LogP contribution in [0.4, 0.5) is 0 Å². The van der Waals surface area contributed by atoms with E-state index in [2.05, 4.69) is 107 Å². The lowest BCUT2D eigenvalue weighted by molar-refractivity contribution is 0.354. The molecule has 0 aliphatic carbocycles. The van der Waals surface area contributed by atoms with Crippen molar-refractivity contribution in [2.45, 2.75) is 37.8 Å². The van der Waals surface area contributed by atoms with Crippen molar-refractivity contribution < 1.29 is 0 Å². The summed E-state index contributed by atoms with van der Waals surface area (Å²) in [7, 11) is 3.27. The summed E-state index contributed by atoms with van der Waals surface area (Å²) in [6.45, 7) is 2.34. The molecular weight excluding hydrogens is 458 g/mol. The van der Waals surface area contributed by atoms with Gasteiger partial charge in [-0.1, -0.05) is 104 Å². The van der Waals surface area contributed by atoms with Crippen LogP contribution in [0.1, 0.15) is 30.0 Å². The van der Waals surface area contributed by atoms with Gasteiger partial charge in [0.25, 0.3) is 0 Å². The quantitative estimate of drug-likeness (QED) is 0.237. The molecule has 0 fully saturated rings. The van der Waals surface area contributed by atoms with Crippen LogP contribution in [0, 0.1) is 5.92 Å². The maximum Gasteiger partial charge on any atom is -0.00386 e. The van der Waals surface area contributed by atoms with Gasteiger partial charge in [0.1, 0.15) is 0 Å². The molecule has 0 N–H and O–H groups in total. The maximum absolute atomic E-state index is 3.27. The van der Waals surface area contributed by atoms with Gasteiger partial charge in [-0.2, -0.15) is 0 Å². The first-order valence-electron chi connectivity index (χ1n) is 9.60.